The molecule has 3 nitrogen and oxygen atoms in total. The van der Waals surface area contributed by atoms with Crippen molar-refractivity contribution in [2.45, 2.75) is 46.5 Å². The predicted molar refractivity (Wildman–Crippen MR) is 81.3 cm³/mol. The molecular formula is C16H26N2O. The zero-order valence-corrected chi connectivity index (χ0v) is 12.4. The van der Waals surface area contributed by atoms with Gasteiger partial charge in [-0.3, -0.25) is 4.79 Å². The number of rotatable bonds is 7. The van der Waals surface area contributed by atoms with Crippen molar-refractivity contribution in [3.8, 4) is 0 Å². The molecule has 1 amide bonds. The van der Waals surface area contributed by atoms with Crippen molar-refractivity contribution in [3.05, 3.63) is 29.3 Å². The Morgan fingerprint density at radius 1 is 1.16 bits per heavy atom. The van der Waals surface area contributed by atoms with Gasteiger partial charge in [0.1, 0.15) is 0 Å². The van der Waals surface area contributed by atoms with Crippen LogP contribution in [0.2, 0.25) is 0 Å². The molecular weight excluding hydrogens is 236 g/mol. The van der Waals surface area contributed by atoms with Crippen molar-refractivity contribution >= 4 is 11.6 Å². The first-order chi connectivity index (χ1) is 9.11. The van der Waals surface area contributed by atoms with Crippen LogP contribution >= 0.6 is 0 Å². The largest absolute Gasteiger partial charge is 0.398 e. The summed E-state index contributed by atoms with van der Waals surface area (Å²) in [5.74, 6) is 0.0810. The van der Waals surface area contributed by atoms with Crippen molar-refractivity contribution in [1.82, 2.24) is 4.90 Å². The Morgan fingerprint density at radius 3 is 2.21 bits per heavy atom. The second-order valence-electron chi connectivity index (χ2n) is 5.04. The number of hydrogen-bond donors (Lipinski definition) is 1. The standard InChI is InChI=1S/C16H26N2O/c1-4-6-11-18(12-7-5-2)16(19)15-13(3)9-8-10-14(15)17/h8-10H,4-7,11-12,17H2,1-3H3. The normalized spacial score (nSPS) is 10.5. The number of amides is 1. The number of anilines is 1. The van der Waals surface area contributed by atoms with Crippen LogP contribution in [0.1, 0.15) is 55.5 Å². The molecule has 0 heterocycles. The fraction of sp³-hybridized carbons (Fsp3) is 0.562. The molecule has 1 aromatic rings. The molecule has 0 atom stereocenters. The average Bonchev–Trinajstić information content (AvgIpc) is 2.38. The van der Waals surface area contributed by atoms with Crippen molar-refractivity contribution < 1.29 is 4.79 Å². The highest BCUT2D eigenvalue weighted by molar-refractivity contribution is 6.00. The van der Waals surface area contributed by atoms with E-state index in [2.05, 4.69) is 13.8 Å². The van der Waals surface area contributed by atoms with E-state index in [0.717, 1.165) is 44.3 Å². The van der Waals surface area contributed by atoms with Gasteiger partial charge in [-0.05, 0) is 31.4 Å². The van der Waals surface area contributed by atoms with E-state index in [-0.39, 0.29) is 5.91 Å². The first-order valence-electron chi connectivity index (χ1n) is 7.26. The van der Waals surface area contributed by atoms with Crippen molar-refractivity contribution in [1.29, 1.82) is 0 Å². The summed E-state index contributed by atoms with van der Waals surface area (Å²) in [5.41, 5.74) is 8.19. The fourth-order valence-electron chi connectivity index (χ4n) is 2.15. The Kier molecular flexibility index (Phi) is 6.40. The number of unbranched alkanes of at least 4 members (excludes halogenated alkanes) is 2. The number of nitrogens with two attached hydrogens (primary N) is 1. The quantitative estimate of drug-likeness (QED) is 0.763. The van der Waals surface area contributed by atoms with Crippen LogP contribution in [0, 0.1) is 6.92 Å². The number of benzene rings is 1. The monoisotopic (exact) mass is 262 g/mol. The Labute approximate surface area is 116 Å². The number of aryl methyl sites for hydroxylation is 1. The highest BCUT2D eigenvalue weighted by Crippen LogP contribution is 2.19. The predicted octanol–water partition coefficient (Wildman–Crippen LogP) is 3.62. The molecule has 1 rings (SSSR count). The summed E-state index contributed by atoms with van der Waals surface area (Å²) < 4.78 is 0. The maximum absolute atomic E-state index is 12.6. The maximum atomic E-state index is 12.6. The van der Waals surface area contributed by atoms with Gasteiger partial charge in [0, 0.05) is 18.8 Å². The second kappa shape index (κ2) is 7.82. The van der Waals surface area contributed by atoms with E-state index in [9.17, 15) is 4.79 Å². The van der Waals surface area contributed by atoms with Gasteiger partial charge < -0.3 is 10.6 Å². The molecule has 0 aromatic heterocycles. The molecule has 0 bridgehead atoms. The molecule has 0 aliphatic rings. The zero-order valence-electron chi connectivity index (χ0n) is 12.4. The number of hydrogen-bond acceptors (Lipinski definition) is 2. The minimum Gasteiger partial charge on any atom is -0.398 e. The van der Waals surface area contributed by atoms with Gasteiger partial charge in [-0.2, -0.15) is 0 Å². The van der Waals surface area contributed by atoms with E-state index in [4.69, 9.17) is 5.73 Å². The van der Waals surface area contributed by atoms with Crippen molar-refractivity contribution in [2.75, 3.05) is 18.8 Å². The van der Waals surface area contributed by atoms with Crippen LogP contribution in [-0.4, -0.2) is 23.9 Å². The topological polar surface area (TPSA) is 46.3 Å². The summed E-state index contributed by atoms with van der Waals surface area (Å²) in [6, 6.07) is 5.64. The number of carbonyl (C=O) groups excluding carboxylic acids is 1. The zero-order chi connectivity index (χ0) is 14.3. The van der Waals surface area contributed by atoms with Crippen LogP contribution in [0.3, 0.4) is 0 Å². The third-order valence-corrected chi connectivity index (χ3v) is 3.37. The summed E-state index contributed by atoms with van der Waals surface area (Å²) in [5, 5.41) is 0. The van der Waals surface area contributed by atoms with Gasteiger partial charge in [-0.15, -0.1) is 0 Å². The molecule has 0 radical (unpaired) electrons. The summed E-state index contributed by atoms with van der Waals surface area (Å²) in [6.45, 7) is 7.88. The minimum absolute atomic E-state index is 0.0810. The Morgan fingerprint density at radius 2 is 1.74 bits per heavy atom. The van der Waals surface area contributed by atoms with Crippen LogP contribution in [0.25, 0.3) is 0 Å². The van der Waals surface area contributed by atoms with Gasteiger partial charge in [0.15, 0.2) is 0 Å². The van der Waals surface area contributed by atoms with Crippen LogP contribution < -0.4 is 5.73 Å². The molecule has 0 spiro atoms. The van der Waals surface area contributed by atoms with E-state index in [1.54, 1.807) is 6.07 Å². The summed E-state index contributed by atoms with van der Waals surface area (Å²) in [6.07, 6.45) is 4.28. The maximum Gasteiger partial charge on any atom is 0.256 e. The van der Waals surface area contributed by atoms with Gasteiger partial charge in [0.05, 0.1) is 5.56 Å². The lowest BCUT2D eigenvalue weighted by molar-refractivity contribution is 0.0751. The first kappa shape index (κ1) is 15.5. The Bertz CT molecular complexity index is 387. The molecule has 0 aliphatic carbocycles. The summed E-state index contributed by atoms with van der Waals surface area (Å²) in [4.78, 5) is 14.6. The molecule has 1 aromatic carbocycles. The third kappa shape index (κ3) is 4.27. The number of carbonyl (C=O) groups is 1. The van der Waals surface area contributed by atoms with Crippen LogP contribution in [0.4, 0.5) is 5.69 Å². The SMILES string of the molecule is CCCCN(CCCC)C(=O)c1c(C)cccc1N. The fourth-order valence-corrected chi connectivity index (χ4v) is 2.15. The van der Waals surface area contributed by atoms with Crippen molar-refractivity contribution in [2.24, 2.45) is 0 Å². The molecule has 0 unspecified atom stereocenters. The number of nitrogen functional groups attached to an aromatic ring is 1. The minimum atomic E-state index is 0.0810. The highest BCUT2D eigenvalue weighted by atomic mass is 16.2. The van der Waals surface area contributed by atoms with Gasteiger partial charge in [0.25, 0.3) is 5.91 Å². The van der Waals surface area contributed by atoms with Gasteiger partial charge in [-0.25, -0.2) is 0 Å². The van der Waals surface area contributed by atoms with Gasteiger partial charge in [0.2, 0.25) is 0 Å². The van der Waals surface area contributed by atoms with E-state index in [1.165, 1.54) is 0 Å². The van der Waals surface area contributed by atoms with E-state index in [1.807, 2.05) is 24.0 Å². The van der Waals surface area contributed by atoms with Crippen LogP contribution in [0.5, 0.6) is 0 Å². The second-order valence-corrected chi connectivity index (χ2v) is 5.04. The van der Waals surface area contributed by atoms with E-state index >= 15 is 0 Å². The molecule has 3 heteroatoms. The molecule has 0 saturated heterocycles. The first-order valence-corrected chi connectivity index (χ1v) is 7.26. The average molecular weight is 262 g/mol. The number of nitrogens with zero attached hydrogens (tertiary/aromatic N) is 1. The lowest BCUT2D eigenvalue weighted by Crippen LogP contribution is -2.33. The molecule has 19 heavy (non-hydrogen) atoms. The van der Waals surface area contributed by atoms with Crippen LogP contribution in [0.15, 0.2) is 18.2 Å². The van der Waals surface area contributed by atoms with E-state index in [0.29, 0.717) is 11.3 Å². The molecule has 2 N–H and O–H groups in total. The van der Waals surface area contributed by atoms with Gasteiger partial charge >= 0.3 is 0 Å². The van der Waals surface area contributed by atoms with E-state index < -0.39 is 0 Å². The Hall–Kier alpha value is -1.51. The smallest absolute Gasteiger partial charge is 0.256 e. The van der Waals surface area contributed by atoms with Gasteiger partial charge in [-0.1, -0.05) is 38.8 Å². The molecule has 0 aliphatic heterocycles. The van der Waals surface area contributed by atoms with Crippen LogP contribution in [-0.2, 0) is 0 Å². The lowest BCUT2D eigenvalue weighted by Gasteiger charge is -2.24. The molecule has 0 saturated carbocycles. The molecule has 0 fully saturated rings. The third-order valence-electron chi connectivity index (χ3n) is 3.37. The Balaban J connectivity index is 2.91. The summed E-state index contributed by atoms with van der Waals surface area (Å²) in [7, 11) is 0. The highest BCUT2D eigenvalue weighted by Gasteiger charge is 2.19. The van der Waals surface area contributed by atoms with Crippen molar-refractivity contribution in [3.63, 3.8) is 0 Å². The summed E-state index contributed by atoms with van der Waals surface area (Å²) >= 11 is 0. The molecule has 106 valence electrons. The lowest BCUT2D eigenvalue weighted by atomic mass is 10.0.